The van der Waals surface area contributed by atoms with Crippen molar-refractivity contribution < 1.29 is 14.7 Å². The van der Waals surface area contributed by atoms with E-state index in [1.165, 1.54) is 24.2 Å². The van der Waals surface area contributed by atoms with Crippen molar-refractivity contribution in [3.05, 3.63) is 22.4 Å². The van der Waals surface area contributed by atoms with E-state index in [-0.39, 0.29) is 0 Å². The maximum absolute atomic E-state index is 11.9. The van der Waals surface area contributed by atoms with E-state index in [1.54, 1.807) is 17.5 Å². The highest BCUT2D eigenvalue weighted by molar-refractivity contribution is 7.10. The molecule has 1 fully saturated rings. The van der Waals surface area contributed by atoms with Crippen LogP contribution in [0.25, 0.3) is 0 Å². The molecule has 1 aliphatic carbocycles. The lowest BCUT2D eigenvalue weighted by Gasteiger charge is -2.27. The lowest BCUT2D eigenvalue weighted by Crippen LogP contribution is -2.42. The molecule has 1 saturated carbocycles. The van der Waals surface area contributed by atoms with E-state index < -0.39 is 18.0 Å². The molecular formula is C15H22N2O3S. The molecule has 1 aromatic rings. The summed E-state index contributed by atoms with van der Waals surface area (Å²) in [6.07, 6.45) is 4.75. The normalized spacial score (nSPS) is 23.3. The molecule has 1 aliphatic rings. The molecule has 6 heteroatoms. The van der Waals surface area contributed by atoms with E-state index in [1.807, 2.05) is 0 Å². The number of carbonyl (C=O) groups excluding carboxylic acids is 1. The van der Waals surface area contributed by atoms with Gasteiger partial charge in [-0.25, -0.2) is 9.59 Å². The van der Waals surface area contributed by atoms with Crippen LogP contribution in [0.2, 0.25) is 0 Å². The summed E-state index contributed by atoms with van der Waals surface area (Å²) in [5, 5.41) is 16.4. The van der Waals surface area contributed by atoms with Crippen LogP contribution in [0.4, 0.5) is 4.79 Å². The first-order valence-electron chi connectivity index (χ1n) is 7.37. The van der Waals surface area contributed by atoms with Gasteiger partial charge in [0.1, 0.15) is 0 Å². The maximum Gasteiger partial charge on any atom is 0.331 e. The second-order valence-corrected chi connectivity index (χ2v) is 6.76. The number of nitrogens with one attached hydrogen (secondary N) is 2. The molecule has 0 bridgehead atoms. The van der Waals surface area contributed by atoms with Gasteiger partial charge in [0.2, 0.25) is 0 Å². The predicted molar refractivity (Wildman–Crippen MR) is 82.4 cm³/mol. The third kappa shape index (κ3) is 4.74. The third-order valence-electron chi connectivity index (χ3n) is 3.95. The van der Waals surface area contributed by atoms with Gasteiger partial charge in [-0.15, -0.1) is 11.3 Å². The molecule has 1 aromatic heterocycles. The molecule has 0 saturated heterocycles. The van der Waals surface area contributed by atoms with Crippen molar-refractivity contribution in [3.63, 3.8) is 0 Å². The number of carboxylic acids is 1. The van der Waals surface area contributed by atoms with Gasteiger partial charge in [0.15, 0.2) is 6.04 Å². The van der Waals surface area contributed by atoms with Crippen LogP contribution in [-0.4, -0.2) is 23.7 Å². The van der Waals surface area contributed by atoms with Gasteiger partial charge < -0.3 is 15.7 Å². The van der Waals surface area contributed by atoms with E-state index in [2.05, 4.69) is 17.6 Å². The molecule has 5 nitrogen and oxygen atoms in total. The van der Waals surface area contributed by atoms with Crippen molar-refractivity contribution in [1.82, 2.24) is 10.6 Å². The number of urea groups is 1. The second kappa shape index (κ2) is 7.45. The van der Waals surface area contributed by atoms with Gasteiger partial charge in [0.25, 0.3) is 0 Å². The third-order valence-corrected chi connectivity index (χ3v) is 4.88. The number of rotatable bonds is 5. The number of carbonyl (C=O) groups is 2. The van der Waals surface area contributed by atoms with Gasteiger partial charge in [-0.05, 0) is 36.1 Å². The monoisotopic (exact) mass is 310 g/mol. The predicted octanol–water partition coefficient (Wildman–Crippen LogP) is 3.00. The molecule has 0 spiro atoms. The molecule has 2 rings (SSSR count). The van der Waals surface area contributed by atoms with Gasteiger partial charge in [-0.3, -0.25) is 0 Å². The number of thiophene rings is 1. The fourth-order valence-electron chi connectivity index (χ4n) is 2.87. The van der Waals surface area contributed by atoms with Crippen LogP contribution in [0.15, 0.2) is 17.5 Å². The Labute approximate surface area is 128 Å². The molecule has 0 radical (unpaired) electrons. The van der Waals surface area contributed by atoms with Crippen LogP contribution in [0.3, 0.4) is 0 Å². The van der Waals surface area contributed by atoms with Crippen LogP contribution in [0, 0.1) is 11.8 Å². The molecule has 116 valence electrons. The lowest BCUT2D eigenvalue weighted by atomic mass is 9.82. The summed E-state index contributed by atoms with van der Waals surface area (Å²) in [7, 11) is 0. The number of amides is 2. The molecule has 0 aromatic carbocycles. The van der Waals surface area contributed by atoms with Crippen LogP contribution >= 0.6 is 11.3 Å². The summed E-state index contributed by atoms with van der Waals surface area (Å²) in [5.41, 5.74) is 0. The smallest absolute Gasteiger partial charge is 0.331 e. The summed E-state index contributed by atoms with van der Waals surface area (Å²) in [4.78, 5) is 23.8. The van der Waals surface area contributed by atoms with Crippen molar-refractivity contribution in [1.29, 1.82) is 0 Å². The van der Waals surface area contributed by atoms with E-state index >= 15 is 0 Å². The summed E-state index contributed by atoms with van der Waals surface area (Å²) < 4.78 is 0. The first kappa shape index (κ1) is 15.8. The first-order chi connectivity index (χ1) is 10.1. The van der Waals surface area contributed by atoms with E-state index in [0.717, 1.165) is 12.8 Å². The molecule has 2 amide bonds. The highest BCUT2D eigenvalue weighted by Gasteiger charge is 2.24. The molecule has 3 unspecified atom stereocenters. The minimum absolute atomic E-state index is 0.408. The highest BCUT2D eigenvalue weighted by Crippen LogP contribution is 2.27. The number of carboxylic acid groups (broad SMARTS) is 1. The minimum atomic E-state index is -1.04. The SMILES string of the molecule is CC1CCCC(CNC(=O)NC(C(=O)O)c2cccs2)C1. The van der Waals surface area contributed by atoms with Gasteiger partial charge in [-0.2, -0.15) is 0 Å². The van der Waals surface area contributed by atoms with Crippen molar-refractivity contribution in [2.24, 2.45) is 11.8 Å². The molecule has 1 heterocycles. The molecule has 3 atom stereocenters. The lowest BCUT2D eigenvalue weighted by molar-refractivity contribution is -0.139. The zero-order valence-corrected chi connectivity index (χ0v) is 13.0. The van der Waals surface area contributed by atoms with Gasteiger partial charge >= 0.3 is 12.0 Å². The van der Waals surface area contributed by atoms with Crippen LogP contribution in [-0.2, 0) is 4.79 Å². The standard InChI is InChI=1S/C15H22N2O3S/c1-10-4-2-5-11(8-10)9-16-15(20)17-13(14(18)19)12-6-3-7-21-12/h3,6-7,10-11,13H,2,4-5,8-9H2,1H3,(H,18,19)(H2,16,17,20). The van der Waals surface area contributed by atoms with Crippen molar-refractivity contribution in [2.45, 2.75) is 38.6 Å². The Kier molecular flexibility index (Phi) is 5.61. The summed E-state index contributed by atoms with van der Waals surface area (Å²) in [6.45, 7) is 2.86. The Morgan fingerprint density at radius 3 is 2.90 bits per heavy atom. The summed E-state index contributed by atoms with van der Waals surface area (Å²) >= 11 is 1.32. The van der Waals surface area contributed by atoms with Crippen LogP contribution in [0.5, 0.6) is 0 Å². The van der Waals surface area contributed by atoms with Gasteiger partial charge in [0, 0.05) is 11.4 Å². The van der Waals surface area contributed by atoms with Crippen LogP contribution < -0.4 is 10.6 Å². The Bertz CT molecular complexity index is 475. The highest BCUT2D eigenvalue weighted by atomic mass is 32.1. The van der Waals surface area contributed by atoms with Crippen molar-refractivity contribution in [2.75, 3.05) is 6.54 Å². The Balaban J connectivity index is 1.81. The summed E-state index contributed by atoms with van der Waals surface area (Å²) in [6, 6.07) is 2.11. The Morgan fingerprint density at radius 2 is 2.29 bits per heavy atom. The Hall–Kier alpha value is -1.56. The molecule has 0 aliphatic heterocycles. The Morgan fingerprint density at radius 1 is 1.48 bits per heavy atom. The van der Waals surface area contributed by atoms with E-state index in [4.69, 9.17) is 0 Å². The minimum Gasteiger partial charge on any atom is -0.479 e. The number of hydrogen-bond acceptors (Lipinski definition) is 3. The maximum atomic E-state index is 11.9. The zero-order valence-electron chi connectivity index (χ0n) is 12.2. The second-order valence-electron chi connectivity index (χ2n) is 5.78. The first-order valence-corrected chi connectivity index (χ1v) is 8.24. The fraction of sp³-hybridized carbons (Fsp3) is 0.600. The van der Waals surface area contributed by atoms with Crippen molar-refractivity contribution >= 4 is 23.3 Å². The number of aliphatic carboxylic acids is 1. The van der Waals surface area contributed by atoms with E-state index in [0.29, 0.717) is 23.3 Å². The molecular weight excluding hydrogens is 288 g/mol. The topological polar surface area (TPSA) is 78.4 Å². The van der Waals surface area contributed by atoms with Crippen LogP contribution in [0.1, 0.15) is 43.5 Å². The number of hydrogen-bond donors (Lipinski definition) is 3. The quantitative estimate of drug-likeness (QED) is 0.782. The van der Waals surface area contributed by atoms with Crippen molar-refractivity contribution in [3.8, 4) is 0 Å². The fourth-order valence-corrected chi connectivity index (χ4v) is 3.64. The van der Waals surface area contributed by atoms with Gasteiger partial charge in [-0.1, -0.05) is 25.8 Å². The average Bonchev–Trinajstić information content (AvgIpc) is 2.96. The largest absolute Gasteiger partial charge is 0.479 e. The molecule has 3 N–H and O–H groups in total. The molecule has 21 heavy (non-hydrogen) atoms. The average molecular weight is 310 g/mol. The summed E-state index contributed by atoms with van der Waals surface area (Å²) in [5.74, 6) is 0.176. The van der Waals surface area contributed by atoms with E-state index in [9.17, 15) is 14.7 Å². The van der Waals surface area contributed by atoms with Gasteiger partial charge in [0.05, 0.1) is 0 Å². The zero-order chi connectivity index (χ0) is 15.2.